The highest BCUT2D eigenvalue weighted by Gasteiger charge is 2.40. The summed E-state index contributed by atoms with van der Waals surface area (Å²) in [4.78, 5) is 38.2. The van der Waals surface area contributed by atoms with Crippen molar-refractivity contribution in [2.45, 2.75) is 0 Å². The molecule has 1 aliphatic rings. The van der Waals surface area contributed by atoms with Crippen molar-refractivity contribution in [1.82, 2.24) is 0 Å². The minimum absolute atomic E-state index is 0.203. The Morgan fingerprint density at radius 3 is 2.09 bits per heavy atom. The molecule has 6 nitrogen and oxygen atoms in total. The number of hydrogen-bond acceptors (Lipinski definition) is 4. The molecule has 0 saturated carbocycles. The number of amides is 3. The lowest BCUT2D eigenvalue weighted by Gasteiger charge is -2.15. The monoisotopic (exact) mass is 453 g/mol. The average Bonchev–Trinajstić information content (AvgIpc) is 2.99. The molecule has 9 heteroatoms. The van der Waals surface area contributed by atoms with Gasteiger partial charge in [-0.05, 0) is 60.7 Å². The van der Waals surface area contributed by atoms with E-state index >= 15 is 0 Å². The fourth-order valence-corrected chi connectivity index (χ4v) is 3.26. The zero-order chi connectivity index (χ0) is 22.8. The Labute approximate surface area is 186 Å². The summed E-state index contributed by atoms with van der Waals surface area (Å²) in [6, 6.07) is 16.7. The topological polar surface area (TPSA) is 78.5 Å². The highest BCUT2D eigenvalue weighted by molar-refractivity contribution is 6.53. The van der Waals surface area contributed by atoms with Crippen LogP contribution in [0.15, 0.2) is 83.5 Å². The van der Waals surface area contributed by atoms with E-state index in [1.165, 1.54) is 66.7 Å². The minimum Gasteiger partial charge on any atom is -0.350 e. The van der Waals surface area contributed by atoms with Crippen LogP contribution in [0.2, 0.25) is 0 Å². The number of carbonyl (C=O) groups is 3. The zero-order valence-electron chi connectivity index (χ0n) is 16.2. The number of nitrogens with zero attached hydrogens (tertiary/aromatic N) is 1. The lowest BCUT2D eigenvalue weighted by atomic mass is 10.2. The van der Waals surface area contributed by atoms with Crippen molar-refractivity contribution in [3.05, 3.63) is 101 Å². The van der Waals surface area contributed by atoms with Crippen molar-refractivity contribution < 1.29 is 23.2 Å². The van der Waals surface area contributed by atoms with Crippen LogP contribution in [0.4, 0.5) is 25.8 Å². The van der Waals surface area contributed by atoms with Gasteiger partial charge in [-0.15, -0.1) is 0 Å². The van der Waals surface area contributed by atoms with Crippen LogP contribution in [0, 0.1) is 11.6 Å². The molecule has 0 saturated heterocycles. The number of para-hydroxylation sites is 1. The highest BCUT2D eigenvalue weighted by atomic mass is 35.5. The minimum atomic E-state index is -0.848. The van der Waals surface area contributed by atoms with Crippen molar-refractivity contribution in [1.29, 1.82) is 0 Å². The summed E-state index contributed by atoms with van der Waals surface area (Å²) in [7, 11) is 0. The number of hydrogen-bond donors (Lipinski definition) is 2. The number of halogens is 3. The van der Waals surface area contributed by atoms with Gasteiger partial charge in [-0.2, -0.15) is 0 Å². The SMILES string of the molecule is O=C(Nc1ccc(F)cc1)c1ccc(NC2=C(Cl)C(=O)N(c3ccccc3F)C2=O)cc1. The molecule has 2 N–H and O–H groups in total. The summed E-state index contributed by atoms with van der Waals surface area (Å²) >= 11 is 6.05. The van der Waals surface area contributed by atoms with Crippen molar-refractivity contribution >= 4 is 46.4 Å². The fourth-order valence-electron chi connectivity index (χ4n) is 3.05. The standard InChI is InChI=1S/C23H14ClF2N3O3/c24-19-20(23(32)29(22(19)31)18-4-2-1-3-17(18)26)27-15-9-5-13(6-10-15)21(30)28-16-11-7-14(25)8-12-16/h1-12,27H,(H,28,30). The van der Waals surface area contributed by atoms with Gasteiger partial charge in [0.1, 0.15) is 22.4 Å². The van der Waals surface area contributed by atoms with E-state index in [1.54, 1.807) is 0 Å². The summed E-state index contributed by atoms with van der Waals surface area (Å²) in [5.41, 5.74) is 0.710. The van der Waals surface area contributed by atoms with Crippen molar-refractivity contribution in [3.63, 3.8) is 0 Å². The number of benzene rings is 3. The predicted octanol–water partition coefficient (Wildman–Crippen LogP) is 4.65. The Bertz CT molecular complexity index is 1260. The van der Waals surface area contributed by atoms with Crippen LogP contribution in [0.3, 0.4) is 0 Å². The number of imide groups is 1. The molecule has 0 aromatic heterocycles. The third kappa shape index (κ3) is 4.08. The molecular formula is C23H14ClF2N3O3. The quantitative estimate of drug-likeness (QED) is 0.551. The van der Waals surface area contributed by atoms with Crippen LogP contribution >= 0.6 is 11.6 Å². The number of nitrogens with one attached hydrogen (secondary N) is 2. The van der Waals surface area contributed by atoms with Crippen LogP contribution in [-0.2, 0) is 9.59 Å². The normalized spacial score (nSPS) is 13.5. The molecule has 0 fully saturated rings. The Morgan fingerprint density at radius 2 is 1.44 bits per heavy atom. The summed E-state index contributed by atoms with van der Waals surface area (Å²) in [6.45, 7) is 0. The maximum atomic E-state index is 14.1. The first kappa shape index (κ1) is 21.2. The number of anilines is 3. The molecule has 160 valence electrons. The van der Waals surface area contributed by atoms with Gasteiger partial charge in [0.15, 0.2) is 0 Å². The molecule has 3 amide bonds. The molecule has 3 aromatic carbocycles. The molecule has 0 radical (unpaired) electrons. The maximum absolute atomic E-state index is 14.1. The van der Waals surface area contributed by atoms with Gasteiger partial charge in [0.2, 0.25) is 0 Å². The van der Waals surface area contributed by atoms with E-state index < -0.39 is 29.4 Å². The largest absolute Gasteiger partial charge is 0.350 e. The van der Waals surface area contributed by atoms with Gasteiger partial charge in [0.05, 0.1) is 5.69 Å². The predicted molar refractivity (Wildman–Crippen MR) is 116 cm³/mol. The van der Waals surface area contributed by atoms with Gasteiger partial charge < -0.3 is 10.6 Å². The number of rotatable bonds is 5. The zero-order valence-corrected chi connectivity index (χ0v) is 17.0. The number of carbonyl (C=O) groups excluding carboxylic acids is 3. The molecule has 1 heterocycles. The molecule has 0 aliphatic carbocycles. The van der Waals surface area contributed by atoms with Gasteiger partial charge in [0.25, 0.3) is 17.7 Å². The molecule has 4 rings (SSSR count). The molecule has 0 spiro atoms. The van der Waals surface area contributed by atoms with Gasteiger partial charge in [-0.25, -0.2) is 13.7 Å². The lowest BCUT2D eigenvalue weighted by molar-refractivity contribution is -0.120. The second kappa shape index (κ2) is 8.60. The van der Waals surface area contributed by atoms with Crippen molar-refractivity contribution in [3.8, 4) is 0 Å². The van der Waals surface area contributed by atoms with Crippen LogP contribution in [0.5, 0.6) is 0 Å². The van der Waals surface area contributed by atoms with Crippen molar-refractivity contribution in [2.75, 3.05) is 15.5 Å². The van der Waals surface area contributed by atoms with Gasteiger partial charge in [-0.1, -0.05) is 23.7 Å². The third-order valence-corrected chi connectivity index (χ3v) is 4.99. The summed E-state index contributed by atoms with van der Waals surface area (Å²) in [5.74, 6) is -3.22. The molecule has 0 unspecified atom stereocenters. The smallest absolute Gasteiger partial charge is 0.283 e. The van der Waals surface area contributed by atoms with Gasteiger partial charge in [0, 0.05) is 16.9 Å². The first-order chi connectivity index (χ1) is 15.3. The lowest BCUT2D eigenvalue weighted by Crippen LogP contribution is -2.33. The van der Waals surface area contributed by atoms with Crippen LogP contribution < -0.4 is 15.5 Å². The van der Waals surface area contributed by atoms with Crippen LogP contribution in [-0.4, -0.2) is 17.7 Å². The molecule has 32 heavy (non-hydrogen) atoms. The second-order valence-electron chi connectivity index (χ2n) is 6.75. The van der Waals surface area contributed by atoms with Crippen molar-refractivity contribution in [2.24, 2.45) is 0 Å². The third-order valence-electron chi connectivity index (χ3n) is 4.64. The van der Waals surface area contributed by atoms with E-state index in [0.717, 1.165) is 6.07 Å². The summed E-state index contributed by atoms with van der Waals surface area (Å²) < 4.78 is 27.1. The van der Waals surface area contributed by atoms with E-state index in [4.69, 9.17) is 11.6 Å². The Kier molecular flexibility index (Phi) is 5.70. The first-order valence-corrected chi connectivity index (χ1v) is 9.70. The molecule has 0 atom stereocenters. The Hall–Kier alpha value is -4.04. The summed E-state index contributed by atoms with van der Waals surface area (Å²) in [5, 5.41) is 5.00. The van der Waals surface area contributed by atoms with E-state index in [9.17, 15) is 23.2 Å². The van der Waals surface area contributed by atoms with Crippen LogP contribution in [0.1, 0.15) is 10.4 Å². The first-order valence-electron chi connectivity index (χ1n) is 9.32. The maximum Gasteiger partial charge on any atom is 0.283 e. The van der Waals surface area contributed by atoms with Crippen LogP contribution in [0.25, 0.3) is 0 Å². The summed E-state index contributed by atoms with van der Waals surface area (Å²) in [6.07, 6.45) is 0. The second-order valence-corrected chi connectivity index (χ2v) is 7.13. The molecule has 1 aliphatic heterocycles. The molecule has 3 aromatic rings. The molecule has 0 bridgehead atoms. The average molecular weight is 454 g/mol. The van der Waals surface area contributed by atoms with E-state index in [2.05, 4.69) is 10.6 Å². The van der Waals surface area contributed by atoms with Gasteiger partial charge >= 0.3 is 0 Å². The molecular weight excluding hydrogens is 440 g/mol. The Morgan fingerprint density at radius 1 is 0.812 bits per heavy atom. The Balaban J connectivity index is 1.49. The highest BCUT2D eigenvalue weighted by Crippen LogP contribution is 2.31. The van der Waals surface area contributed by atoms with Gasteiger partial charge in [-0.3, -0.25) is 14.4 Å². The van der Waals surface area contributed by atoms with E-state index in [1.807, 2.05) is 0 Å². The van der Waals surface area contributed by atoms with E-state index in [-0.39, 0.29) is 16.4 Å². The van der Waals surface area contributed by atoms with E-state index in [0.29, 0.717) is 21.8 Å². The fraction of sp³-hybridized carbons (Fsp3) is 0.